The zero-order valence-electron chi connectivity index (χ0n) is 13.0. The fourth-order valence-corrected chi connectivity index (χ4v) is 2.70. The molecule has 1 aromatic heterocycles. The van der Waals surface area contributed by atoms with Gasteiger partial charge in [0, 0.05) is 25.0 Å². The Morgan fingerprint density at radius 3 is 2.50 bits per heavy atom. The summed E-state index contributed by atoms with van der Waals surface area (Å²) < 4.78 is 0. The molecule has 1 fully saturated rings. The first kappa shape index (κ1) is 14.6. The summed E-state index contributed by atoms with van der Waals surface area (Å²) in [6.45, 7) is 4.35. The van der Waals surface area contributed by atoms with E-state index in [0.29, 0.717) is 0 Å². The number of hydrazone groups is 1. The monoisotopic (exact) mass is 294 g/mol. The van der Waals surface area contributed by atoms with Gasteiger partial charge in [0.25, 0.3) is 0 Å². The Morgan fingerprint density at radius 2 is 1.82 bits per heavy atom. The van der Waals surface area contributed by atoms with Gasteiger partial charge in [0.1, 0.15) is 5.82 Å². The summed E-state index contributed by atoms with van der Waals surface area (Å²) in [7, 11) is 0. The standard InChI is InChI=1S/C18H22N4/c1-15(20-21-18-7-3-4-12-19-18)16-8-10-17(11-9-16)22-13-5-2-6-14-22/h3-4,7-12H,2,5-6,13-14H2,1H3,(H,19,21)/b20-15-. The number of hydrogen-bond acceptors (Lipinski definition) is 4. The first-order valence-electron chi connectivity index (χ1n) is 7.90. The molecule has 4 nitrogen and oxygen atoms in total. The molecular weight excluding hydrogens is 272 g/mol. The van der Waals surface area contributed by atoms with E-state index in [9.17, 15) is 0 Å². The van der Waals surface area contributed by atoms with Crippen molar-refractivity contribution < 1.29 is 0 Å². The predicted octanol–water partition coefficient (Wildman–Crippen LogP) is 3.91. The minimum absolute atomic E-state index is 0.756. The summed E-state index contributed by atoms with van der Waals surface area (Å²) in [6.07, 6.45) is 5.71. The average molecular weight is 294 g/mol. The van der Waals surface area contributed by atoms with Gasteiger partial charge >= 0.3 is 0 Å². The molecule has 0 amide bonds. The fourth-order valence-electron chi connectivity index (χ4n) is 2.70. The van der Waals surface area contributed by atoms with Crippen molar-refractivity contribution in [3.05, 3.63) is 54.2 Å². The average Bonchev–Trinajstić information content (AvgIpc) is 2.61. The molecule has 0 saturated carbocycles. The number of hydrogen-bond donors (Lipinski definition) is 1. The Bertz CT molecular complexity index is 613. The van der Waals surface area contributed by atoms with Crippen molar-refractivity contribution in [1.29, 1.82) is 0 Å². The highest BCUT2D eigenvalue weighted by atomic mass is 15.3. The quantitative estimate of drug-likeness (QED) is 0.686. The van der Waals surface area contributed by atoms with Crippen LogP contribution < -0.4 is 10.3 Å². The molecule has 1 saturated heterocycles. The third-order valence-electron chi connectivity index (χ3n) is 4.01. The fraction of sp³-hybridized carbons (Fsp3) is 0.333. The van der Waals surface area contributed by atoms with E-state index < -0.39 is 0 Å². The molecule has 3 rings (SSSR count). The molecule has 1 aliphatic rings. The summed E-state index contributed by atoms with van der Waals surface area (Å²) in [4.78, 5) is 6.66. The Labute approximate surface area is 131 Å². The third-order valence-corrected chi connectivity index (χ3v) is 4.01. The summed E-state index contributed by atoms with van der Waals surface area (Å²) in [5.74, 6) is 0.756. The maximum atomic E-state index is 4.40. The van der Waals surface area contributed by atoms with Crippen molar-refractivity contribution in [1.82, 2.24) is 4.98 Å². The van der Waals surface area contributed by atoms with Gasteiger partial charge in [-0.1, -0.05) is 18.2 Å². The van der Waals surface area contributed by atoms with Crippen molar-refractivity contribution in [2.24, 2.45) is 5.10 Å². The molecule has 22 heavy (non-hydrogen) atoms. The van der Waals surface area contributed by atoms with Crippen LogP contribution in [0.15, 0.2) is 53.8 Å². The SMILES string of the molecule is C/C(=N/Nc1ccccn1)c1ccc(N2CCCCC2)cc1. The van der Waals surface area contributed by atoms with E-state index in [-0.39, 0.29) is 0 Å². The summed E-state index contributed by atoms with van der Waals surface area (Å²) in [5, 5.41) is 4.40. The van der Waals surface area contributed by atoms with E-state index >= 15 is 0 Å². The Balaban J connectivity index is 1.66. The van der Waals surface area contributed by atoms with E-state index in [1.165, 1.54) is 38.0 Å². The van der Waals surface area contributed by atoms with Crippen molar-refractivity contribution in [3.8, 4) is 0 Å². The smallest absolute Gasteiger partial charge is 0.146 e. The molecule has 0 aliphatic carbocycles. The van der Waals surface area contributed by atoms with Gasteiger partial charge in [0.15, 0.2) is 0 Å². The number of aromatic nitrogens is 1. The molecule has 0 bridgehead atoms. The molecule has 4 heteroatoms. The topological polar surface area (TPSA) is 40.5 Å². The van der Waals surface area contributed by atoms with E-state index in [0.717, 1.165) is 17.1 Å². The second-order valence-electron chi connectivity index (χ2n) is 5.62. The number of benzene rings is 1. The number of nitrogens with one attached hydrogen (secondary N) is 1. The van der Waals surface area contributed by atoms with Gasteiger partial charge < -0.3 is 4.90 Å². The molecule has 0 radical (unpaired) electrons. The van der Waals surface area contributed by atoms with E-state index in [4.69, 9.17) is 0 Å². The normalized spacial score (nSPS) is 15.7. The summed E-state index contributed by atoms with van der Waals surface area (Å²) >= 11 is 0. The first-order chi connectivity index (χ1) is 10.8. The van der Waals surface area contributed by atoms with Gasteiger partial charge in [-0.15, -0.1) is 0 Å². The number of pyridine rings is 1. The van der Waals surface area contributed by atoms with Gasteiger partial charge in [-0.05, 0) is 56.0 Å². The maximum absolute atomic E-state index is 4.40. The second kappa shape index (κ2) is 7.07. The molecular formula is C18H22N4. The minimum Gasteiger partial charge on any atom is -0.372 e. The highest BCUT2D eigenvalue weighted by molar-refractivity contribution is 5.99. The van der Waals surface area contributed by atoms with Crippen LogP contribution in [0.4, 0.5) is 11.5 Å². The third kappa shape index (κ3) is 3.64. The van der Waals surface area contributed by atoms with Crippen LogP contribution in [0, 0.1) is 0 Å². The molecule has 2 aromatic rings. The zero-order valence-corrected chi connectivity index (χ0v) is 13.0. The first-order valence-corrected chi connectivity index (χ1v) is 7.90. The zero-order chi connectivity index (χ0) is 15.2. The summed E-state index contributed by atoms with van der Waals surface area (Å²) in [5.41, 5.74) is 6.38. The second-order valence-corrected chi connectivity index (χ2v) is 5.62. The van der Waals surface area contributed by atoms with Gasteiger partial charge in [0.05, 0.1) is 5.71 Å². The van der Waals surface area contributed by atoms with Gasteiger partial charge in [-0.25, -0.2) is 4.98 Å². The summed E-state index contributed by atoms with van der Waals surface area (Å²) in [6, 6.07) is 14.4. The molecule has 1 aromatic carbocycles. The van der Waals surface area contributed by atoms with Crippen molar-refractivity contribution in [3.63, 3.8) is 0 Å². The van der Waals surface area contributed by atoms with Gasteiger partial charge in [0.2, 0.25) is 0 Å². The van der Waals surface area contributed by atoms with Gasteiger partial charge in [-0.2, -0.15) is 5.10 Å². The van der Waals surface area contributed by atoms with Gasteiger partial charge in [-0.3, -0.25) is 5.43 Å². The Hall–Kier alpha value is -2.36. The number of anilines is 2. The van der Waals surface area contributed by atoms with Crippen LogP contribution in [0.5, 0.6) is 0 Å². The van der Waals surface area contributed by atoms with Crippen LogP contribution in [-0.2, 0) is 0 Å². The Kier molecular flexibility index (Phi) is 4.68. The molecule has 0 atom stereocenters. The van der Waals surface area contributed by atoms with Crippen molar-refractivity contribution >= 4 is 17.2 Å². The van der Waals surface area contributed by atoms with Crippen LogP contribution in [0.2, 0.25) is 0 Å². The van der Waals surface area contributed by atoms with Crippen LogP contribution >= 0.6 is 0 Å². The maximum Gasteiger partial charge on any atom is 0.146 e. The van der Waals surface area contributed by atoms with Crippen LogP contribution in [0.3, 0.4) is 0 Å². The van der Waals surface area contributed by atoms with E-state index in [2.05, 4.69) is 44.7 Å². The lowest BCUT2D eigenvalue weighted by Gasteiger charge is -2.28. The highest BCUT2D eigenvalue weighted by Gasteiger charge is 2.10. The van der Waals surface area contributed by atoms with Crippen LogP contribution in [0.25, 0.3) is 0 Å². The van der Waals surface area contributed by atoms with E-state index in [1.54, 1.807) is 6.20 Å². The van der Waals surface area contributed by atoms with Crippen LogP contribution in [0.1, 0.15) is 31.7 Å². The lowest BCUT2D eigenvalue weighted by Crippen LogP contribution is -2.29. The number of nitrogens with zero attached hydrogens (tertiary/aromatic N) is 3. The van der Waals surface area contributed by atoms with Crippen molar-refractivity contribution in [2.75, 3.05) is 23.4 Å². The molecule has 114 valence electrons. The molecule has 0 spiro atoms. The highest BCUT2D eigenvalue weighted by Crippen LogP contribution is 2.20. The van der Waals surface area contributed by atoms with Crippen LogP contribution in [-0.4, -0.2) is 23.8 Å². The lowest BCUT2D eigenvalue weighted by molar-refractivity contribution is 0.578. The number of rotatable bonds is 4. The largest absolute Gasteiger partial charge is 0.372 e. The molecule has 0 unspecified atom stereocenters. The Morgan fingerprint density at radius 1 is 1.05 bits per heavy atom. The lowest BCUT2D eigenvalue weighted by atomic mass is 10.1. The molecule has 1 N–H and O–H groups in total. The van der Waals surface area contributed by atoms with E-state index in [1.807, 2.05) is 25.1 Å². The molecule has 2 heterocycles. The minimum atomic E-state index is 0.756. The number of piperidine rings is 1. The predicted molar refractivity (Wildman–Crippen MR) is 92.6 cm³/mol. The van der Waals surface area contributed by atoms with Crippen molar-refractivity contribution in [2.45, 2.75) is 26.2 Å². The molecule has 1 aliphatic heterocycles.